The number of nitrogens with one attached hydrogen (secondary N) is 1. The fourth-order valence-corrected chi connectivity index (χ4v) is 2.71. The first-order valence-electron chi connectivity index (χ1n) is 6.39. The van der Waals surface area contributed by atoms with Gasteiger partial charge >= 0.3 is 0 Å². The molecular weight excluding hydrogens is 338 g/mol. The number of rotatable bonds is 5. The van der Waals surface area contributed by atoms with Gasteiger partial charge in [0.05, 0.1) is 7.11 Å². The minimum Gasteiger partial charge on any atom is -0.496 e. The van der Waals surface area contributed by atoms with Gasteiger partial charge in [0.1, 0.15) is 5.75 Å². The van der Waals surface area contributed by atoms with Crippen molar-refractivity contribution in [2.75, 3.05) is 14.2 Å². The second-order valence-electron chi connectivity index (χ2n) is 4.56. The summed E-state index contributed by atoms with van der Waals surface area (Å²) in [5.74, 6) is 0.890. The van der Waals surface area contributed by atoms with Crippen LogP contribution in [0.2, 0.25) is 5.02 Å². The quantitative estimate of drug-likeness (QED) is 0.846. The summed E-state index contributed by atoms with van der Waals surface area (Å²) in [4.78, 5) is 0. The highest BCUT2D eigenvalue weighted by Crippen LogP contribution is 2.30. The number of hydrogen-bond acceptors (Lipinski definition) is 2. The molecule has 0 radical (unpaired) electrons. The molecule has 0 aromatic heterocycles. The number of halogens is 2. The lowest BCUT2D eigenvalue weighted by Gasteiger charge is -2.20. The Kier molecular flexibility index (Phi) is 5.46. The smallest absolute Gasteiger partial charge is 0.123 e. The number of benzene rings is 2. The Bertz CT molecular complexity index is 571. The molecule has 4 heteroatoms. The van der Waals surface area contributed by atoms with Gasteiger partial charge in [0, 0.05) is 21.1 Å². The van der Waals surface area contributed by atoms with Crippen LogP contribution < -0.4 is 10.1 Å². The Morgan fingerprint density at radius 2 is 1.90 bits per heavy atom. The van der Waals surface area contributed by atoms with Crippen LogP contribution in [0.1, 0.15) is 17.2 Å². The summed E-state index contributed by atoms with van der Waals surface area (Å²) in [6.45, 7) is 0. The Morgan fingerprint density at radius 3 is 2.50 bits per heavy atom. The molecule has 106 valence electrons. The molecule has 1 atom stereocenters. The van der Waals surface area contributed by atoms with Crippen molar-refractivity contribution in [2.45, 2.75) is 12.5 Å². The van der Waals surface area contributed by atoms with Gasteiger partial charge < -0.3 is 10.1 Å². The second-order valence-corrected chi connectivity index (χ2v) is 5.91. The van der Waals surface area contributed by atoms with E-state index in [2.05, 4.69) is 39.4 Å². The van der Waals surface area contributed by atoms with Gasteiger partial charge in [0.25, 0.3) is 0 Å². The lowest BCUT2D eigenvalue weighted by Crippen LogP contribution is -2.19. The Balaban J connectivity index is 2.28. The summed E-state index contributed by atoms with van der Waals surface area (Å²) in [7, 11) is 3.66. The van der Waals surface area contributed by atoms with Crippen molar-refractivity contribution >= 4 is 27.5 Å². The molecule has 0 heterocycles. The molecule has 0 aliphatic rings. The Labute approximate surface area is 133 Å². The van der Waals surface area contributed by atoms with E-state index in [1.165, 1.54) is 5.56 Å². The van der Waals surface area contributed by atoms with Crippen molar-refractivity contribution < 1.29 is 4.74 Å². The summed E-state index contributed by atoms with van der Waals surface area (Å²) >= 11 is 9.44. The highest BCUT2D eigenvalue weighted by molar-refractivity contribution is 9.10. The average Bonchev–Trinajstić information content (AvgIpc) is 2.46. The Morgan fingerprint density at radius 1 is 1.20 bits per heavy atom. The van der Waals surface area contributed by atoms with Crippen LogP contribution in [0.25, 0.3) is 0 Å². The monoisotopic (exact) mass is 353 g/mol. The normalized spacial score (nSPS) is 12.2. The molecule has 0 amide bonds. The van der Waals surface area contributed by atoms with E-state index >= 15 is 0 Å². The molecule has 20 heavy (non-hydrogen) atoms. The fourth-order valence-electron chi connectivity index (χ4n) is 2.20. The first-order valence-corrected chi connectivity index (χ1v) is 7.56. The fraction of sp³-hybridized carbons (Fsp3) is 0.250. The zero-order chi connectivity index (χ0) is 14.5. The highest BCUT2D eigenvalue weighted by atomic mass is 79.9. The predicted octanol–water partition coefficient (Wildman–Crippen LogP) is 4.61. The molecule has 1 unspecified atom stereocenters. The van der Waals surface area contributed by atoms with Crippen LogP contribution in [-0.2, 0) is 6.42 Å². The summed E-state index contributed by atoms with van der Waals surface area (Å²) < 4.78 is 6.50. The molecular formula is C16H17BrClNO. The molecule has 0 saturated heterocycles. The van der Waals surface area contributed by atoms with Crippen molar-refractivity contribution in [1.82, 2.24) is 5.32 Å². The van der Waals surface area contributed by atoms with Gasteiger partial charge in [0.15, 0.2) is 0 Å². The van der Waals surface area contributed by atoms with Crippen molar-refractivity contribution in [3.05, 3.63) is 63.1 Å². The molecule has 2 aromatic carbocycles. The third-order valence-corrected chi connectivity index (χ3v) is 4.01. The van der Waals surface area contributed by atoms with Crippen molar-refractivity contribution in [3.8, 4) is 5.75 Å². The van der Waals surface area contributed by atoms with E-state index < -0.39 is 0 Å². The van der Waals surface area contributed by atoms with Gasteiger partial charge in [-0.1, -0.05) is 39.7 Å². The summed E-state index contributed by atoms with van der Waals surface area (Å²) in [5, 5.41) is 4.11. The zero-order valence-electron chi connectivity index (χ0n) is 11.5. The van der Waals surface area contributed by atoms with E-state index in [1.54, 1.807) is 7.11 Å². The maximum Gasteiger partial charge on any atom is 0.123 e. The van der Waals surface area contributed by atoms with E-state index in [9.17, 15) is 0 Å². The summed E-state index contributed by atoms with van der Waals surface area (Å²) in [6.07, 6.45) is 0.875. The number of ether oxygens (including phenoxy) is 1. The lowest BCUT2D eigenvalue weighted by atomic mass is 9.98. The largest absolute Gasteiger partial charge is 0.496 e. The number of methoxy groups -OCH3 is 1. The maximum absolute atomic E-state index is 5.93. The van der Waals surface area contributed by atoms with Gasteiger partial charge in [0.2, 0.25) is 0 Å². The van der Waals surface area contributed by atoms with Crippen LogP contribution in [0, 0.1) is 0 Å². The SMILES string of the molecule is CNC(Cc1ccc(Cl)cc1)c1cc(Br)ccc1OC. The maximum atomic E-state index is 5.93. The minimum absolute atomic E-state index is 0.184. The van der Waals surface area contributed by atoms with Gasteiger partial charge in [-0.2, -0.15) is 0 Å². The van der Waals surface area contributed by atoms with E-state index in [1.807, 2.05) is 31.3 Å². The predicted molar refractivity (Wildman–Crippen MR) is 87.7 cm³/mol. The molecule has 1 N–H and O–H groups in total. The minimum atomic E-state index is 0.184. The second kappa shape index (κ2) is 7.11. The van der Waals surface area contributed by atoms with Crippen LogP contribution >= 0.6 is 27.5 Å². The van der Waals surface area contributed by atoms with E-state index in [0.717, 1.165) is 27.2 Å². The van der Waals surface area contributed by atoms with Crippen molar-refractivity contribution in [3.63, 3.8) is 0 Å². The van der Waals surface area contributed by atoms with Gasteiger partial charge in [-0.25, -0.2) is 0 Å². The standard InChI is InChI=1S/C16H17BrClNO/c1-19-15(9-11-3-6-13(18)7-4-11)14-10-12(17)5-8-16(14)20-2/h3-8,10,15,19H,9H2,1-2H3. The van der Waals surface area contributed by atoms with Crippen molar-refractivity contribution in [1.29, 1.82) is 0 Å². The molecule has 0 bridgehead atoms. The number of hydrogen-bond donors (Lipinski definition) is 1. The molecule has 2 rings (SSSR count). The molecule has 0 aliphatic carbocycles. The molecule has 2 aromatic rings. The Hall–Kier alpha value is -1.03. The number of likely N-dealkylation sites (N-methyl/N-ethyl adjacent to an activating group) is 1. The summed E-state index contributed by atoms with van der Waals surface area (Å²) in [5.41, 5.74) is 2.37. The molecule has 0 saturated carbocycles. The molecule has 2 nitrogen and oxygen atoms in total. The van der Waals surface area contributed by atoms with E-state index in [-0.39, 0.29) is 6.04 Å². The third kappa shape index (κ3) is 3.75. The molecule has 0 spiro atoms. The first-order chi connectivity index (χ1) is 9.63. The lowest BCUT2D eigenvalue weighted by molar-refractivity contribution is 0.401. The van der Waals surface area contributed by atoms with Crippen LogP contribution in [0.3, 0.4) is 0 Å². The molecule has 0 fully saturated rings. The van der Waals surface area contributed by atoms with Crippen LogP contribution in [0.5, 0.6) is 5.75 Å². The average molecular weight is 355 g/mol. The van der Waals surface area contributed by atoms with Crippen LogP contribution in [0.4, 0.5) is 0 Å². The topological polar surface area (TPSA) is 21.3 Å². The van der Waals surface area contributed by atoms with E-state index in [4.69, 9.17) is 16.3 Å². The zero-order valence-corrected chi connectivity index (χ0v) is 13.8. The van der Waals surface area contributed by atoms with E-state index in [0.29, 0.717) is 0 Å². The van der Waals surface area contributed by atoms with Gasteiger partial charge in [-0.15, -0.1) is 0 Å². The highest BCUT2D eigenvalue weighted by Gasteiger charge is 2.15. The molecule has 0 aliphatic heterocycles. The van der Waals surface area contributed by atoms with Gasteiger partial charge in [-0.05, 0) is 49.4 Å². The summed E-state index contributed by atoms with van der Waals surface area (Å²) in [6, 6.07) is 14.2. The van der Waals surface area contributed by atoms with Crippen LogP contribution in [0.15, 0.2) is 46.9 Å². The van der Waals surface area contributed by atoms with Crippen molar-refractivity contribution in [2.24, 2.45) is 0 Å². The van der Waals surface area contributed by atoms with Gasteiger partial charge in [-0.3, -0.25) is 0 Å². The van der Waals surface area contributed by atoms with Crippen LogP contribution in [-0.4, -0.2) is 14.2 Å². The first kappa shape index (κ1) is 15.4. The third-order valence-electron chi connectivity index (χ3n) is 3.27.